The smallest absolute Gasteiger partial charge is 0.277 e. The number of aromatic amines is 1. The van der Waals surface area contributed by atoms with Crippen molar-refractivity contribution in [3.63, 3.8) is 0 Å². The molecule has 2 unspecified atom stereocenters. The lowest BCUT2D eigenvalue weighted by molar-refractivity contribution is 0.0922. The minimum absolute atomic E-state index is 0.121. The van der Waals surface area contributed by atoms with E-state index in [1.54, 1.807) is 0 Å². The molecule has 1 amide bonds. The number of hydrogen-bond donors (Lipinski definition) is 3. The Morgan fingerprint density at radius 3 is 2.76 bits per heavy atom. The molecule has 2 rings (SSSR count). The quantitative estimate of drug-likeness (QED) is 0.765. The minimum Gasteiger partial charge on any atom is -0.349 e. The number of nitrogens with one attached hydrogen (secondary N) is 3. The molecular formula is C15H24N4O2. The van der Waals surface area contributed by atoms with E-state index in [2.05, 4.69) is 27.8 Å². The summed E-state index contributed by atoms with van der Waals surface area (Å²) in [6.45, 7) is 6.90. The van der Waals surface area contributed by atoms with Crippen LogP contribution < -0.4 is 16.2 Å². The molecule has 0 radical (unpaired) electrons. The first-order chi connectivity index (χ1) is 10.1. The van der Waals surface area contributed by atoms with Gasteiger partial charge in [0, 0.05) is 12.1 Å². The largest absolute Gasteiger partial charge is 0.349 e. The van der Waals surface area contributed by atoms with Gasteiger partial charge in [-0.15, -0.1) is 0 Å². The molecule has 1 fully saturated rings. The minimum atomic E-state index is -0.400. The van der Waals surface area contributed by atoms with E-state index in [4.69, 9.17) is 0 Å². The van der Waals surface area contributed by atoms with E-state index < -0.39 is 5.56 Å². The zero-order valence-electron chi connectivity index (χ0n) is 13.0. The number of piperidine rings is 1. The highest BCUT2D eigenvalue weighted by Gasteiger charge is 2.24. The molecule has 1 saturated heterocycles. The molecule has 116 valence electrons. The van der Waals surface area contributed by atoms with Crippen LogP contribution >= 0.6 is 0 Å². The number of aryl methyl sites for hydroxylation is 1. The molecule has 0 spiro atoms. The third-order valence-corrected chi connectivity index (χ3v) is 4.04. The van der Waals surface area contributed by atoms with Crippen LogP contribution in [0.4, 0.5) is 0 Å². The van der Waals surface area contributed by atoms with E-state index in [-0.39, 0.29) is 17.5 Å². The third kappa shape index (κ3) is 3.50. The number of H-pyrrole nitrogens is 1. The summed E-state index contributed by atoms with van der Waals surface area (Å²) in [5.74, 6) is -0.274. The second kappa shape index (κ2) is 6.85. The highest BCUT2D eigenvalue weighted by molar-refractivity contribution is 5.95. The number of hydrogen-bond acceptors (Lipinski definition) is 4. The van der Waals surface area contributed by atoms with Gasteiger partial charge in [0.05, 0.1) is 5.69 Å². The Balaban J connectivity index is 2.24. The van der Waals surface area contributed by atoms with E-state index in [0.29, 0.717) is 18.9 Å². The second-order valence-corrected chi connectivity index (χ2v) is 5.61. The average Bonchev–Trinajstić information content (AvgIpc) is 2.46. The standard InChI is InChI=1S/C15H24N4O2/c1-4-11-12(5-2)18-19-15(21)13(11)14(20)17-10-6-7-16-9(3)8-10/h9-10,16H,4-8H2,1-3H3,(H,17,20)(H,19,21). The first kappa shape index (κ1) is 15.7. The Morgan fingerprint density at radius 1 is 1.38 bits per heavy atom. The van der Waals surface area contributed by atoms with Gasteiger partial charge in [-0.2, -0.15) is 5.10 Å². The molecule has 1 aliphatic heterocycles. The van der Waals surface area contributed by atoms with E-state index in [1.165, 1.54) is 0 Å². The molecule has 21 heavy (non-hydrogen) atoms. The monoisotopic (exact) mass is 292 g/mol. The van der Waals surface area contributed by atoms with Gasteiger partial charge >= 0.3 is 0 Å². The van der Waals surface area contributed by atoms with Crippen molar-refractivity contribution in [1.29, 1.82) is 0 Å². The highest BCUT2D eigenvalue weighted by atomic mass is 16.2. The number of amides is 1. The topological polar surface area (TPSA) is 86.9 Å². The van der Waals surface area contributed by atoms with E-state index >= 15 is 0 Å². The predicted octanol–water partition coefficient (Wildman–Crippen LogP) is 0.765. The van der Waals surface area contributed by atoms with Crippen molar-refractivity contribution >= 4 is 5.91 Å². The molecule has 0 bridgehead atoms. The normalized spacial score (nSPS) is 22.0. The number of aromatic nitrogens is 2. The fraction of sp³-hybridized carbons (Fsp3) is 0.667. The van der Waals surface area contributed by atoms with E-state index in [9.17, 15) is 9.59 Å². The Labute approximate surface area is 124 Å². The third-order valence-electron chi connectivity index (χ3n) is 4.04. The van der Waals surface area contributed by atoms with Crippen LogP contribution in [0.3, 0.4) is 0 Å². The Bertz CT molecular complexity index is 567. The van der Waals surface area contributed by atoms with Gasteiger partial charge in [0.25, 0.3) is 11.5 Å². The summed E-state index contributed by atoms with van der Waals surface area (Å²) in [4.78, 5) is 24.5. The Hall–Kier alpha value is -1.69. The summed E-state index contributed by atoms with van der Waals surface area (Å²) < 4.78 is 0. The van der Waals surface area contributed by atoms with Crippen LogP contribution in [0.2, 0.25) is 0 Å². The predicted molar refractivity (Wildman–Crippen MR) is 81.6 cm³/mol. The van der Waals surface area contributed by atoms with Gasteiger partial charge in [-0.25, -0.2) is 5.10 Å². The maximum Gasteiger partial charge on any atom is 0.277 e. The summed E-state index contributed by atoms with van der Waals surface area (Å²) >= 11 is 0. The van der Waals surface area contributed by atoms with Crippen molar-refractivity contribution < 1.29 is 4.79 Å². The zero-order valence-corrected chi connectivity index (χ0v) is 13.0. The van der Waals surface area contributed by atoms with Crippen molar-refractivity contribution in [3.05, 3.63) is 27.2 Å². The molecule has 2 heterocycles. The molecular weight excluding hydrogens is 268 g/mol. The van der Waals surface area contributed by atoms with Gasteiger partial charge in [-0.1, -0.05) is 13.8 Å². The van der Waals surface area contributed by atoms with Crippen LogP contribution in [-0.4, -0.2) is 34.7 Å². The summed E-state index contributed by atoms with van der Waals surface area (Å²) in [5.41, 5.74) is 1.39. The number of rotatable bonds is 4. The number of nitrogens with zero attached hydrogens (tertiary/aromatic N) is 1. The highest BCUT2D eigenvalue weighted by Crippen LogP contribution is 2.13. The van der Waals surface area contributed by atoms with Gasteiger partial charge in [0.2, 0.25) is 0 Å². The molecule has 6 heteroatoms. The van der Waals surface area contributed by atoms with Crippen LogP contribution in [0.5, 0.6) is 0 Å². The van der Waals surface area contributed by atoms with E-state index in [0.717, 1.165) is 30.6 Å². The summed E-state index contributed by atoms with van der Waals surface area (Å²) in [7, 11) is 0. The lowest BCUT2D eigenvalue weighted by Gasteiger charge is -2.28. The second-order valence-electron chi connectivity index (χ2n) is 5.61. The van der Waals surface area contributed by atoms with Crippen LogP contribution in [0, 0.1) is 0 Å². The first-order valence-electron chi connectivity index (χ1n) is 7.71. The molecule has 1 aliphatic rings. The zero-order chi connectivity index (χ0) is 15.4. The Morgan fingerprint density at radius 2 is 2.14 bits per heavy atom. The summed E-state index contributed by atoms with van der Waals surface area (Å²) in [5, 5.41) is 12.8. The van der Waals surface area contributed by atoms with Crippen molar-refractivity contribution in [3.8, 4) is 0 Å². The van der Waals surface area contributed by atoms with Crippen LogP contribution in [-0.2, 0) is 12.8 Å². The van der Waals surface area contributed by atoms with Gasteiger partial charge in [-0.3, -0.25) is 9.59 Å². The first-order valence-corrected chi connectivity index (χ1v) is 7.71. The SMILES string of the molecule is CCc1n[nH]c(=O)c(C(=O)NC2CCNC(C)C2)c1CC. The molecule has 1 aromatic heterocycles. The van der Waals surface area contributed by atoms with Crippen molar-refractivity contribution in [2.45, 2.75) is 58.5 Å². The van der Waals surface area contributed by atoms with Gasteiger partial charge in [0.1, 0.15) is 5.56 Å². The maximum absolute atomic E-state index is 12.5. The fourth-order valence-electron chi connectivity index (χ4n) is 2.96. The maximum atomic E-state index is 12.5. The van der Waals surface area contributed by atoms with Crippen molar-refractivity contribution in [2.24, 2.45) is 0 Å². The van der Waals surface area contributed by atoms with Crippen LogP contribution in [0.1, 0.15) is 55.2 Å². The molecule has 3 N–H and O–H groups in total. The van der Waals surface area contributed by atoms with Gasteiger partial charge < -0.3 is 10.6 Å². The van der Waals surface area contributed by atoms with Gasteiger partial charge in [0.15, 0.2) is 0 Å². The molecule has 6 nitrogen and oxygen atoms in total. The fourth-order valence-corrected chi connectivity index (χ4v) is 2.96. The molecule has 0 saturated carbocycles. The number of carbonyl (C=O) groups excluding carboxylic acids is 1. The van der Waals surface area contributed by atoms with Crippen molar-refractivity contribution in [1.82, 2.24) is 20.8 Å². The molecule has 2 atom stereocenters. The Kier molecular flexibility index (Phi) is 5.12. The van der Waals surface area contributed by atoms with Crippen LogP contribution in [0.25, 0.3) is 0 Å². The summed E-state index contributed by atoms with van der Waals surface area (Å²) in [6.07, 6.45) is 3.11. The lowest BCUT2D eigenvalue weighted by Crippen LogP contribution is -2.47. The average molecular weight is 292 g/mol. The number of carbonyl (C=O) groups is 1. The van der Waals surface area contributed by atoms with E-state index in [1.807, 2.05) is 13.8 Å². The molecule has 0 aliphatic carbocycles. The lowest BCUT2D eigenvalue weighted by atomic mass is 9.99. The van der Waals surface area contributed by atoms with Gasteiger partial charge in [-0.05, 0) is 44.7 Å². The molecule has 1 aromatic rings. The van der Waals surface area contributed by atoms with Crippen LogP contribution in [0.15, 0.2) is 4.79 Å². The molecule has 0 aromatic carbocycles. The summed E-state index contributed by atoms with van der Waals surface area (Å²) in [6, 6.07) is 0.507. The van der Waals surface area contributed by atoms with Crippen molar-refractivity contribution in [2.75, 3.05) is 6.54 Å².